The van der Waals surface area contributed by atoms with Gasteiger partial charge in [-0.2, -0.15) is 0 Å². The van der Waals surface area contributed by atoms with Gasteiger partial charge in [0.1, 0.15) is 5.60 Å². The number of halogens is 2. The summed E-state index contributed by atoms with van der Waals surface area (Å²) in [7, 11) is 0. The van der Waals surface area contributed by atoms with E-state index in [2.05, 4.69) is 71.9 Å². The highest BCUT2D eigenvalue weighted by atomic mass is 19.2. The van der Waals surface area contributed by atoms with E-state index < -0.39 is 17.3 Å². The van der Waals surface area contributed by atoms with E-state index in [1.54, 1.807) is 46.1 Å². The topological polar surface area (TPSA) is 61.7 Å². The number of aliphatic imine (C=N–C) groups is 1. The predicted molar refractivity (Wildman–Crippen MR) is 250 cm³/mol. The highest BCUT2D eigenvalue weighted by molar-refractivity contribution is 5.90. The van der Waals surface area contributed by atoms with Gasteiger partial charge in [-0.25, -0.2) is 8.78 Å². The van der Waals surface area contributed by atoms with Crippen molar-refractivity contribution in [2.75, 3.05) is 0 Å². The van der Waals surface area contributed by atoms with Crippen molar-refractivity contribution < 1.29 is 18.7 Å². The second-order valence-electron chi connectivity index (χ2n) is 16.0. The number of carbonyl (C=O) groups excluding carboxylic acids is 1. The van der Waals surface area contributed by atoms with E-state index in [9.17, 15) is 18.7 Å². The molecule has 57 heavy (non-hydrogen) atoms. The second-order valence-corrected chi connectivity index (χ2v) is 16.0. The van der Waals surface area contributed by atoms with Gasteiger partial charge < -0.3 is 10.4 Å². The number of aliphatic hydroxyl groups is 1. The molecule has 1 fully saturated rings. The van der Waals surface area contributed by atoms with Crippen LogP contribution < -0.4 is 5.32 Å². The molecule has 1 aliphatic carbocycles. The van der Waals surface area contributed by atoms with E-state index >= 15 is 0 Å². The molecule has 0 spiro atoms. The van der Waals surface area contributed by atoms with Crippen molar-refractivity contribution in [2.45, 2.75) is 181 Å². The molecule has 0 radical (unpaired) electrons. The Morgan fingerprint density at radius 1 is 1.00 bits per heavy atom. The minimum Gasteiger partial charge on any atom is -0.378 e. The summed E-state index contributed by atoms with van der Waals surface area (Å²) < 4.78 is 27.7. The van der Waals surface area contributed by atoms with Crippen LogP contribution in [0.15, 0.2) is 88.9 Å². The van der Waals surface area contributed by atoms with Crippen molar-refractivity contribution in [3.05, 3.63) is 101 Å². The second kappa shape index (κ2) is 32.6. The first-order valence-electron chi connectivity index (χ1n) is 21.8. The van der Waals surface area contributed by atoms with Gasteiger partial charge in [-0.1, -0.05) is 159 Å². The number of hydrogen-bond donors (Lipinski definition) is 2. The number of allylic oxidation sites excluding steroid dienone is 8. The summed E-state index contributed by atoms with van der Waals surface area (Å²) in [5, 5.41) is 13.8. The first-order chi connectivity index (χ1) is 26.7. The van der Waals surface area contributed by atoms with Gasteiger partial charge >= 0.3 is 0 Å². The fourth-order valence-corrected chi connectivity index (χ4v) is 5.83. The van der Waals surface area contributed by atoms with Crippen LogP contribution in [0.25, 0.3) is 5.57 Å². The summed E-state index contributed by atoms with van der Waals surface area (Å²) in [6, 6.07) is 5.43. The lowest BCUT2D eigenvalue weighted by Crippen LogP contribution is -2.36. The molecule has 1 saturated carbocycles. The molecule has 6 heteroatoms. The van der Waals surface area contributed by atoms with Gasteiger partial charge in [0, 0.05) is 17.8 Å². The molecule has 4 nitrogen and oxygen atoms in total. The SMILES string of the molecule is C=C(F)/C(F)=C(\C=C/C)N/C(C)=C(C)/C(=C\C(=C)c1ccc(C(C)(O)C(=O)C(C)C)c(C)c1)N=CCC.CC.CC(C)C.CCC1CC(C)C1.CCCCCCC. The number of aryl methyl sites for hydroxylation is 1. The number of hydrogen-bond acceptors (Lipinski definition) is 4. The Kier molecular flexibility index (Phi) is 33.1. The molecule has 0 aliphatic heterocycles. The number of nitrogens with one attached hydrogen (secondary N) is 1. The molecule has 0 heterocycles. The lowest BCUT2D eigenvalue weighted by atomic mass is 9.75. The van der Waals surface area contributed by atoms with Crippen molar-refractivity contribution in [1.82, 2.24) is 5.32 Å². The Balaban J connectivity index is -0.00000118. The van der Waals surface area contributed by atoms with Gasteiger partial charge in [-0.3, -0.25) is 9.79 Å². The lowest BCUT2D eigenvalue weighted by molar-refractivity contribution is -0.139. The number of benzene rings is 1. The maximum absolute atomic E-state index is 14.3. The molecule has 2 rings (SSSR count). The Bertz CT molecular complexity index is 1460. The Hall–Kier alpha value is -3.38. The van der Waals surface area contributed by atoms with Crippen molar-refractivity contribution in [3.8, 4) is 0 Å². The average Bonchev–Trinajstić information content (AvgIpc) is 3.14. The van der Waals surface area contributed by atoms with Crippen LogP contribution in [0.5, 0.6) is 0 Å². The van der Waals surface area contributed by atoms with Crippen molar-refractivity contribution in [2.24, 2.45) is 28.7 Å². The van der Waals surface area contributed by atoms with Crippen LogP contribution in [-0.2, 0) is 10.4 Å². The van der Waals surface area contributed by atoms with Gasteiger partial charge in [0.2, 0.25) is 0 Å². The van der Waals surface area contributed by atoms with E-state index in [4.69, 9.17) is 0 Å². The Morgan fingerprint density at radius 2 is 1.53 bits per heavy atom. The fourth-order valence-electron chi connectivity index (χ4n) is 5.83. The van der Waals surface area contributed by atoms with Gasteiger partial charge in [-0.05, 0) is 112 Å². The summed E-state index contributed by atoms with van der Waals surface area (Å²) in [6.45, 7) is 41.0. The molecule has 1 aromatic carbocycles. The largest absolute Gasteiger partial charge is 0.378 e. The number of carbonyl (C=O) groups is 1. The maximum atomic E-state index is 14.3. The summed E-state index contributed by atoms with van der Waals surface area (Å²) in [4.78, 5) is 17.1. The van der Waals surface area contributed by atoms with E-state index in [1.807, 2.05) is 52.8 Å². The highest BCUT2D eigenvalue weighted by Crippen LogP contribution is 2.35. The summed E-state index contributed by atoms with van der Waals surface area (Å²) >= 11 is 0. The van der Waals surface area contributed by atoms with Crippen molar-refractivity contribution in [3.63, 3.8) is 0 Å². The van der Waals surface area contributed by atoms with E-state index in [1.165, 1.54) is 64.4 Å². The molecule has 326 valence electrons. The Labute approximate surface area is 350 Å². The standard InChI is InChI=1S/C31H40F2N2O2.C7H14.C7H16.C4H10.C2H6/c1-11-13-27(29(33)23(8)32)35-24(9)22(7)28(34-16-12-2)18-20(5)25-14-15-26(21(6)17-25)31(10,37)30(36)19(3)4;1-3-7-4-6(2)5-7;1-3-5-7-6-4-2;1-4(2)3;1-2/h11,13-19,35,37H,5,8,12H2,1-4,6-7,9-10H3;6-7H,3-5H2,1-2H3;3-7H2,1-2H3;4H,1-3H3;1-2H3/b13-11-,24-22+,28-18+,29-27-,34-16?;;;;. The normalized spacial score (nSPS) is 16.9. The molecule has 1 aromatic rings. The quantitative estimate of drug-likeness (QED) is 0.0938. The van der Waals surface area contributed by atoms with Crippen molar-refractivity contribution >= 4 is 17.6 Å². The molecule has 2 N–H and O–H groups in total. The fraction of sp³-hybridized carbons (Fsp3) is 0.608. The van der Waals surface area contributed by atoms with Crippen LogP contribution in [0, 0.1) is 30.6 Å². The predicted octanol–water partition coefficient (Wildman–Crippen LogP) is 16.0. The maximum Gasteiger partial charge on any atom is 0.181 e. The van der Waals surface area contributed by atoms with Crippen LogP contribution in [0.3, 0.4) is 0 Å². The molecule has 0 bridgehead atoms. The molecule has 0 saturated heterocycles. The first kappa shape index (κ1) is 57.9. The molecular weight excluding hydrogens is 711 g/mol. The third kappa shape index (κ3) is 24.2. The zero-order chi connectivity index (χ0) is 44.9. The van der Waals surface area contributed by atoms with Crippen molar-refractivity contribution in [1.29, 1.82) is 0 Å². The molecule has 1 unspecified atom stereocenters. The molecule has 0 aromatic heterocycles. The lowest BCUT2D eigenvalue weighted by Gasteiger charge is -2.31. The smallest absolute Gasteiger partial charge is 0.181 e. The zero-order valence-electron chi connectivity index (χ0n) is 39.7. The van der Waals surface area contributed by atoms with Crippen LogP contribution in [0.1, 0.15) is 185 Å². The van der Waals surface area contributed by atoms with Crippen LogP contribution >= 0.6 is 0 Å². The zero-order valence-corrected chi connectivity index (χ0v) is 39.7. The minimum absolute atomic E-state index is 0.0429. The minimum atomic E-state index is -1.59. The number of nitrogens with zero attached hydrogens (tertiary/aromatic N) is 1. The van der Waals surface area contributed by atoms with E-state index in [0.717, 1.165) is 28.9 Å². The first-order valence-corrected chi connectivity index (χ1v) is 21.8. The van der Waals surface area contributed by atoms with Crippen LogP contribution in [-0.4, -0.2) is 17.1 Å². The van der Waals surface area contributed by atoms with Gasteiger partial charge in [0.05, 0.1) is 11.4 Å². The van der Waals surface area contributed by atoms with Crippen LogP contribution in [0.4, 0.5) is 8.78 Å². The van der Waals surface area contributed by atoms with Gasteiger partial charge in [0.25, 0.3) is 0 Å². The van der Waals surface area contributed by atoms with E-state index in [-0.39, 0.29) is 17.4 Å². The summed E-state index contributed by atoms with van der Waals surface area (Å²) in [6.07, 6.45) is 18.7. The molecule has 1 atom stereocenters. The molecule has 1 aliphatic rings. The Morgan fingerprint density at radius 3 is 1.89 bits per heavy atom. The number of Topliss-reactive ketones (excluding diaryl/α,β-unsaturated/α-hetero) is 1. The van der Waals surface area contributed by atoms with Crippen LogP contribution in [0.2, 0.25) is 0 Å². The third-order valence-corrected chi connectivity index (χ3v) is 9.18. The average molecular weight is 797 g/mol. The number of ketones is 1. The van der Waals surface area contributed by atoms with Gasteiger partial charge in [-0.15, -0.1) is 0 Å². The highest BCUT2D eigenvalue weighted by Gasteiger charge is 2.35. The molecular formula is C51H86F2N2O2. The van der Waals surface area contributed by atoms with Gasteiger partial charge in [0.15, 0.2) is 17.4 Å². The summed E-state index contributed by atoms with van der Waals surface area (Å²) in [5.74, 6) is 0.185. The van der Waals surface area contributed by atoms with E-state index in [0.29, 0.717) is 34.5 Å². The number of rotatable bonds is 17. The number of unbranched alkanes of at least 4 members (excludes halogenated alkanes) is 4. The summed E-state index contributed by atoms with van der Waals surface area (Å²) in [5.41, 5.74) is 3.02. The monoisotopic (exact) mass is 797 g/mol. The third-order valence-electron chi connectivity index (χ3n) is 9.18. The molecule has 0 amide bonds.